The summed E-state index contributed by atoms with van der Waals surface area (Å²) in [7, 11) is 0. The first-order valence-electron chi connectivity index (χ1n) is 9.88. The number of phenols is 1. The van der Waals surface area contributed by atoms with Crippen LogP contribution in [0.25, 0.3) is 0 Å². The lowest BCUT2D eigenvalue weighted by molar-refractivity contribution is -0.384. The quantitative estimate of drug-likeness (QED) is 0.205. The zero-order chi connectivity index (χ0) is 23.4. The maximum absolute atomic E-state index is 10.9. The summed E-state index contributed by atoms with van der Waals surface area (Å²) in [6, 6.07) is 9.40. The lowest BCUT2D eigenvalue weighted by Crippen LogP contribution is -2.21. The first-order valence-corrected chi connectivity index (χ1v) is 11.5. The van der Waals surface area contributed by atoms with Crippen LogP contribution in [0.15, 0.2) is 50.4 Å². The van der Waals surface area contributed by atoms with Gasteiger partial charge in [0.25, 0.3) is 5.69 Å². The van der Waals surface area contributed by atoms with Crippen molar-refractivity contribution in [2.75, 3.05) is 28.7 Å². The van der Waals surface area contributed by atoms with E-state index in [9.17, 15) is 15.2 Å². The summed E-state index contributed by atoms with van der Waals surface area (Å²) in [5.41, 5.74) is 3.86. The molecule has 0 atom stereocenters. The highest BCUT2D eigenvalue weighted by atomic mass is 79.9. The van der Waals surface area contributed by atoms with Gasteiger partial charge in [-0.2, -0.15) is 20.1 Å². The third-order valence-corrected chi connectivity index (χ3v) is 5.83. The van der Waals surface area contributed by atoms with Crippen molar-refractivity contribution in [2.24, 2.45) is 5.10 Å². The highest BCUT2D eigenvalue weighted by Gasteiger charge is 2.18. The Bertz CT molecular complexity index is 1200. The molecule has 0 unspecified atom stereocenters. The Morgan fingerprint density at radius 3 is 2.48 bits per heavy atom. The molecule has 3 N–H and O–H groups in total. The molecule has 0 saturated carbocycles. The number of hydrogen-bond donors (Lipinski definition) is 3. The van der Waals surface area contributed by atoms with E-state index < -0.39 is 4.92 Å². The van der Waals surface area contributed by atoms with E-state index in [2.05, 4.69) is 67.6 Å². The predicted molar refractivity (Wildman–Crippen MR) is 132 cm³/mol. The molecule has 4 rings (SSSR count). The first kappa shape index (κ1) is 22.9. The molecule has 1 aliphatic heterocycles. The highest BCUT2D eigenvalue weighted by Crippen LogP contribution is 2.30. The summed E-state index contributed by atoms with van der Waals surface area (Å²) in [5, 5.41) is 28.3. The molecule has 33 heavy (non-hydrogen) atoms. The largest absolute Gasteiger partial charge is 0.506 e. The lowest BCUT2D eigenvalue weighted by atomic mass is 10.2. The van der Waals surface area contributed by atoms with Crippen LogP contribution in [0.1, 0.15) is 18.4 Å². The molecule has 0 spiro atoms. The van der Waals surface area contributed by atoms with Gasteiger partial charge in [0.1, 0.15) is 5.75 Å². The van der Waals surface area contributed by atoms with Crippen LogP contribution in [0.4, 0.5) is 29.2 Å². The minimum absolute atomic E-state index is 0.00640. The molecule has 13 heteroatoms. The monoisotopic (exact) mass is 576 g/mol. The Labute approximate surface area is 205 Å². The number of hydrazone groups is 1. The van der Waals surface area contributed by atoms with Crippen LogP contribution >= 0.6 is 31.9 Å². The molecule has 1 fully saturated rings. The summed E-state index contributed by atoms with van der Waals surface area (Å²) in [5.74, 6) is 1.03. The number of benzene rings is 2. The molecule has 1 saturated heterocycles. The van der Waals surface area contributed by atoms with E-state index >= 15 is 0 Å². The fraction of sp³-hybridized carbons (Fsp3) is 0.200. The Balaban J connectivity index is 1.58. The van der Waals surface area contributed by atoms with Crippen LogP contribution in [0, 0.1) is 10.1 Å². The van der Waals surface area contributed by atoms with E-state index in [-0.39, 0.29) is 23.3 Å². The number of hydrogen-bond acceptors (Lipinski definition) is 10. The molecular formula is C20H18Br2N8O3. The normalized spacial score (nSPS) is 13.5. The molecule has 1 aromatic heterocycles. The van der Waals surface area contributed by atoms with Gasteiger partial charge in [-0.3, -0.25) is 10.1 Å². The summed E-state index contributed by atoms with van der Waals surface area (Å²) in [4.78, 5) is 25.7. The van der Waals surface area contributed by atoms with Crippen LogP contribution in [0.2, 0.25) is 0 Å². The van der Waals surface area contributed by atoms with Gasteiger partial charge in [0.15, 0.2) is 0 Å². The predicted octanol–water partition coefficient (Wildman–Crippen LogP) is 4.80. The molecule has 2 heterocycles. The Morgan fingerprint density at radius 2 is 1.79 bits per heavy atom. The smallest absolute Gasteiger partial charge is 0.269 e. The lowest BCUT2D eigenvalue weighted by Gasteiger charge is -2.16. The van der Waals surface area contributed by atoms with Crippen molar-refractivity contribution in [1.82, 2.24) is 15.0 Å². The maximum Gasteiger partial charge on any atom is 0.269 e. The number of nitrogens with zero attached hydrogens (tertiary/aromatic N) is 6. The number of phenolic OH excluding ortho intramolecular Hbond substituents is 1. The van der Waals surface area contributed by atoms with Gasteiger partial charge in [-0.15, -0.1) is 0 Å². The van der Waals surface area contributed by atoms with Gasteiger partial charge in [-0.25, -0.2) is 5.43 Å². The summed E-state index contributed by atoms with van der Waals surface area (Å²) in [6.07, 6.45) is 3.55. The minimum atomic E-state index is -0.458. The van der Waals surface area contributed by atoms with Gasteiger partial charge in [-0.1, -0.05) is 15.9 Å². The van der Waals surface area contributed by atoms with E-state index in [0.717, 1.165) is 30.4 Å². The number of aromatic hydroxyl groups is 1. The van der Waals surface area contributed by atoms with E-state index in [4.69, 9.17) is 0 Å². The van der Waals surface area contributed by atoms with Gasteiger partial charge in [0, 0.05) is 40.9 Å². The Kier molecular flexibility index (Phi) is 6.99. The molecular weight excluding hydrogens is 560 g/mol. The minimum Gasteiger partial charge on any atom is -0.506 e. The van der Waals surface area contributed by atoms with E-state index in [1.54, 1.807) is 24.3 Å². The van der Waals surface area contributed by atoms with Gasteiger partial charge >= 0.3 is 0 Å². The van der Waals surface area contributed by atoms with Crippen molar-refractivity contribution >= 4 is 67.3 Å². The van der Waals surface area contributed by atoms with Crippen LogP contribution in [-0.4, -0.2) is 44.3 Å². The zero-order valence-corrected chi connectivity index (χ0v) is 20.2. The summed E-state index contributed by atoms with van der Waals surface area (Å²) >= 11 is 6.67. The zero-order valence-electron chi connectivity index (χ0n) is 17.1. The van der Waals surface area contributed by atoms with Crippen molar-refractivity contribution in [3.05, 3.63) is 61.0 Å². The number of aromatic nitrogens is 3. The fourth-order valence-corrected chi connectivity index (χ4v) is 4.43. The SMILES string of the molecule is O=[N+]([O-])c1ccc(Nc2nc(NN=Cc3cc(Br)cc(Br)c3O)nc(N3CCCC3)n2)cc1. The third-order valence-electron chi connectivity index (χ3n) is 4.77. The molecule has 170 valence electrons. The molecule has 2 aromatic carbocycles. The molecule has 0 aliphatic carbocycles. The second kappa shape index (κ2) is 10.1. The first-order chi connectivity index (χ1) is 15.9. The number of nitro groups is 1. The average molecular weight is 578 g/mol. The summed E-state index contributed by atoms with van der Waals surface area (Å²) in [6.45, 7) is 1.67. The van der Waals surface area contributed by atoms with Crippen molar-refractivity contribution in [1.29, 1.82) is 0 Å². The van der Waals surface area contributed by atoms with Crippen LogP contribution in [0.5, 0.6) is 5.75 Å². The van der Waals surface area contributed by atoms with Crippen molar-refractivity contribution in [2.45, 2.75) is 12.8 Å². The van der Waals surface area contributed by atoms with Gasteiger partial charge in [0.05, 0.1) is 15.6 Å². The van der Waals surface area contributed by atoms with Gasteiger partial charge in [-0.05, 0) is 53.0 Å². The van der Waals surface area contributed by atoms with Crippen LogP contribution < -0.4 is 15.6 Å². The molecule has 11 nitrogen and oxygen atoms in total. The second-order valence-electron chi connectivity index (χ2n) is 7.10. The highest BCUT2D eigenvalue weighted by molar-refractivity contribution is 9.11. The molecule has 0 amide bonds. The number of non-ortho nitro benzene ring substituents is 1. The molecule has 1 aliphatic rings. The van der Waals surface area contributed by atoms with E-state index in [1.165, 1.54) is 18.3 Å². The maximum atomic E-state index is 10.9. The van der Waals surface area contributed by atoms with Gasteiger partial charge < -0.3 is 15.3 Å². The van der Waals surface area contributed by atoms with E-state index in [1.807, 2.05) is 0 Å². The standard InChI is InChI=1S/C20H18Br2N8O3/c21-13-9-12(17(31)16(22)10-13)11-23-28-19-25-18(26-20(27-19)29-7-1-2-8-29)24-14-3-5-15(6-4-14)30(32)33/h3-6,9-11,31H,1-2,7-8H2,(H2,24,25,26,27,28). The Hall–Kier alpha value is -3.32. The molecule has 3 aromatic rings. The Morgan fingerprint density at radius 1 is 1.09 bits per heavy atom. The van der Waals surface area contributed by atoms with Gasteiger partial charge in [0.2, 0.25) is 17.8 Å². The van der Waals surface area contributed by atoms with Crippen molar-refractivity contribution in [3.63, 3.8) is 0 Å². The van der Waals surface area contributed by atoms with Crippen LogP contribution in [-0.2, 0) is 0 Å². The fourth-order valence-electron chi connectivity index (χ4n) is 3.17. The second-order valence-corrected chi connectivity index (χ2v) is 8.87. The average Bonchev–Trinajstić information content (AvgIpc) is 3.32. The molecule has 0 radical (unpaired) electrons. The number of halogens is 2. The van der Waals surface area contributed by atoms with Crippen molar-refractivity contribution < 1.29 is 10.0 Å². The number of nitrogens with one attached hydrogen (secondary N) is 2. The number of nitro benzene ring substituents is 1. The van der Waals surface area contributed by atoms with Crippen molar-refractivity contribution in [3.8, 4) is 5.75 Å². The third kappa shape index (κ3) is 5.73. The topological polar surface area (TPSA) is 142 Å². The summed E-state index contributed by atoms with van der Waals surface area (Å²) < 4.78 is 1.31. The van der Waals surface area contributed by atoms with Crippen LogP contribution in [0.3, 0.4) is 0 Å². The van der Waals surface area contributed by atoms with E-state index in [0.29, 0.717) is 21.7 Å². The number of anilines is 4. The number of rotatable bonds is 7. The molecule has 0 bridgehead atoms.